The van der Waals surface area contributed by atoms with E-state index < -0.39 is 0 Å². The largest absolute Gasteiger partial charge is 0.445 e. The van der Waals surface area contributed by atoms with Crippen LogP contribution >= 0.6 is 24.8 Å². The van der Waals surface area contributed by atoms with E-state index in [0.29, 0.717) is 16.5 Å². The molecule has 0 aromatic heterocycles. The summed E-state index contributed by atoms with van der Waals surface area (Å²) in [6, 6.07) is 26.8. The predicted molar refractivity (Wildman–Crippen MR) is 119 cm³/mol. The van der Waals surface area contributed by atoms with Crippen LogP contribution in [0.5, 0.6) is 5.75 Å². The first kappa shape index (κ1) is 20.9. The number of carbonyl (C=O) groups is 1. The number of thiol groups is 1. The van der Waals surface area contributed by atoms with Crippen molar-refractivity contribution in [1.82, 2.24) is 0 Å². The molecule has 27 heavy (non-hydrogen) atoms. The number of hydrogen-bond acceptors (Lipinski definition) is 3. The summed E-state index contributed by atoms with van der Waals surface area (Å²) < 4.78 is 5.67. The van der Waals surface area contributed by atoms with Gasteiger partial charge in [0.2, 0.25) is 5.12 Å². The van der Waals surface area contributed by atoms with Crippen molar-refractivity contribution < 1.29 is 9.53 Å². The molecule has 0 saturated heterocycles. The zero-order valence-corrected chi connectivity index (χ0v) is 17.0. The topological polar surface area (TPSA) is 26.3 Å². The molecule has 0 fully saturated rings. The molecule has 4 heteroatoms. The fourth-order valence-electron chi connectivity index (χ4n) is 2.24. The highest BCUT2D eigenvalue weighted by molar-refractivity contribution is 7.97. The van der Waals surface area contributed by atoms with Gasteiger partial charge in [0, 0.05) is 11.1 Å². The number of ether oxygens (including phenoxy) is 1. The summed E-state index contributed by atoms with van der Waals surface area (Å²) in [5.41, 5.74) is 2.87. The molecule has 3 aromatic carbocycles. The highest BCUT2D eigenvalue weighted by Gasteiger charge is 2.04. The van der Waals surface area contributed by atoms with Crippen LogP contribution in [0, 0.1) is 0 Å². The zero-order chi connectivity index (χ0) is 19.6. The van der Waals surface area contributed by atoms with Gasteiger partial charge in [-0.15, -0.1) is 12.6 Å². The van der Waals surface area contributed by atoms with Crippen LogP contribution in [0.25, 0.3) is 0 Å². The van der Waals surface area contributed by atoms with Crippen LogP contribution in [0.2, 0.25) is 0 Å². The lowest BCUT2D eigenvalue weighted by Gasteiger charge is -2.09. The Hall–Kier alpha value is -2.43. The van der Waals surface area contributed by atoms with Crippen LogP contribution in [0.4, 0.5) is 0 Å². The molecule has 0 radical (unpaired) electrons. The Morgan fingerprint density at radius 1 is 0.815 bits per heavy atom. The standard InChI is InChI=1S/C16H16OS.C7H6OS/c1-12(2)13-8-10-15(11-9-13)17-16(18)14-6-4-3-5-7-14;8-7(9)6-4-2-1-3-5-6/h3-12H,1-2H3;1-5H,(H,8,9). The number of thiocarbonyl (C=S) groups is 1. The Bertz CT molecular complexity index is 858. The molecule has 0 aliphatic carbocycles. The van der Waals surface area contributed by atoms with Gasteiger partial charge in [-0.2, -0.15) is 0 Å². The van der Waals surface area contributed by atoms with Crippen molar-refractivity contribution in [3.8, 4) is 5.75 Å². The SMILES string of the molecule is CC(C)c1ccc(OC(=S)c2ccccc2)cc1.O=C(S)c1ccccc1. The molecule has 0 aliphatic heterocycles. The van der Waals surface area contributed by atoms with Gasteiger partial charge < -0.3 is 4.74 Å². The fourth-order valence-corrected chi connectivity index (χ4v) is 2.62. The molecule has 0 N–H and O–H groups in total. The Kier molecular flexibility index (Phi) is 8.24. The van der Waals surface area contributed by atoms with E-state index in [4.69, 9.17) is 17.0 Å². The van der Waals surface area contributed by atoms with E-state index in [-0.39, 0.29) is 5.12 Å². The summed E-state index contributed by atoms with van der Waals surface area (Å²) in [6.07, 6.45) is 0. The summed E-state index contributed by atoms with van der Waals surface area (Å²) in [6.45, 7) is 4.34. The minimum Gasteiger partial charge on any atom is -0.445 e. The Labute approximate surface area is 171 Å². The average molecular weight is 395 g/mol. The van der Waals surface area contributed by atoms with Crippen molar-refractivity contribution in [1.29, 1.82) is 0 Å². The third-order valence-corrected chi connectivity index (χ3v) is 4.36. The lowest BCUT2D eigenvalue weighted by molar-refractivity contribution is 0.109. The van der Waals surface area contributed by atoms with Crippen molar-refractivity contribution in [2.45, 2.75) is 19.8 Å². The van der Waals surface area contributed by atoms with Crippen LogP contribution < -0.4 is 4.74 Å². The Morgan fingerprint density at radius 2 is 1.30 bits per heavy atom. The number of carbonyl (C=O) groups excluding carboxylic acids is 1. The van der Waals surface area contributed by atoms with Gasteiger partial charge in [-0.1, -0.05) is 86.6 Å². The number of benzene rings is 3. The van der Waals surface area contributed by atoms with Crippen LogP contribution in [0.1, 0.15) is 41.3 Å². The minimum atomic E-state index is -0.185. The van der Waals surface area contributed by atoms with Gasteiger partial charge in [-0.05, 0) is 35.8 Å². The maximum absolute atomic E-state index is 10.5. The maximum atomic E-state index is 10.5. The Balaban J connectivity index is 0.000000244. The fraction of sp³-hybridized carbons (Fsp3) is 0.130. The van der Waals surface area contributed by atoms with Crippen LogP contribution in [-0.2, 0) is 0 Å². The molecule has 0 unspecified atom stereocenters. The van der Waals surface area contributed by atoms with Gasteiger partial charge in [0.15, 0.2) is 5.05 Å². The maximum Gasteiger partial charge on any atom is 0.216 e. The zero-order valence-electron chi connectivity index (χ0n) is 15.3. The molecule has 3 aromatic rings. The van der Waals surface area contributed by atoms with Crippen molar-refractivity contribution in [2.75, 3.05) is 0 Å². The van der Waals surface area contributed by atoms with Crippen molar-refractivity contribution >= 4 is 35.0 Å². The summed E-state index contributed by atoms with van der Waals surface area (Å²) >= 11 is 8.91. The quantitative estimate of drug-likeness (QED) is 0.414. The van der Waals surface area contributed by atoms with Gasteiger partial charge in [0.25, 0.3) is 0 Å². The normalized spacial score (nSPS) is 9.93. The summed E-state index contributed by atoms with van der Waals surface area (Å²) in [7, 11) is 0. The first-order chi connectivity index (χ1) is 13.0. The van der Waals surface area contributed by atoms with Crippen LogP contribution in [-0.4, -0.2) is 10.2 Å². The van der Waals surface area contributed by atoms with E-state index in [1.165, 1.54) is 5.56 Å². The molecule has 0 heterocycles. The molecule has 0 amide bonds. The molecule has 3 rings (SSSR count). The van der Waals surface area contributed by atoms with Crippen molar-refractivity contribution in [3.05, 3.63) is 102 Å². The molecule has 0 atom stereocenters. The monoisotopic (exact) mass is 394 g/mol. The second-order valence-electron chi connectivity index (χ2n) is 6.15. The lowest BCUT2D eigenvalue weighted by Crippen LogP contribution is -2.06. The summed E-state index contributed by atoms with van der Waals surface area (Å²) in [5.74, 6) is 1.31. The van der Waals surface area contributed by atoms with E-state index in [2.05, 4.69) is 38.6 Å². The molecular formula is C23H22O2S2. The first-order valence-electron chi connectivity index (χ1n) is 8.63. The molecule has 0 spiro atoms. The van der Waals surface area contributed by atoms with Crippen molar-refractivity contribution in [2.24, 2.45) is 0 Å². The smallest absolute Gasteiger partial charge is 0.216 e. The van der Waals surface area contributed by atoms with E-state index in [0.717, 1.165) is 11.3 Å². The predicted octanol–water partition coefficient (Wildman–Crippen LogP) is 6.32. The second kappa shape index (κ2) is 10.7. The van der Waals surface area contributed by atoms with Gasteiger partial charge in [0.1, 0.15) is 5.75 Å². The molecule has 0 aliphatic rings. The lowest BCUT2D eigenvalue weighted by atomic mass is 10.0. The van der Waals surface area contributed by atoms with Gasteiger partial charge in [-0.3, -0.25) is 4.79 Å². The second-order valence-corrected chi connectivity index (χ2v) is 6.93. The van der Waals surface area contributed by atoms with E-state index in [9.17, 15) is 4.79 Å². The first-order valence-corrected chi connectivity index (χ1v) is 9.48. The molecule has 0 bridgehead atoms. The molecule has 138 valence electrons. The minimum absolute atomic E-state index is 0.185. The van der Waals surface area contributed by atoms with E-state index >= 15 is 0 Å². The van der Waals surface area contributed by atoms with Gasteiger partial charge in [0.05, 0.1) is 0 Å². The van der Waals surface area contributed by atoms with Crippen LogP contribution in [0.3, 0.4) is 0 Å². The molecule has 2 nitrogen and oxygen atoms in total. The molecular weight excluding hydrogens is 372 g/mol. The Morgan fingerprint density at radius 3 is 1.70 bits per heavy atom. The van der Waals surface area contributed by atoms with E-state index in [1.54, 1.807) is 12.1 Å². The summed E-state index contributed by atoms with van der Waals surface area (Å²) in [5, 5.41) is 0.323. The third kappa shape index (κ3) is 7.00. The van der Waals surface area contributed by atoms with Gasteiger partial charge in [-0.25, -0.2) is 0 Å². The third-order valence-electron chi connectivity index (χ3n) is 3.79. The van der Waals surface area contributed by atoms with Crippen LogP contribution in [0.15, 0.2) is 84.9 Å². The van der Waals surface area contributed by atoms with Gasteiger partial charge >= 0.3 is 0 Å². The highest BCUT2D eigenvalue weighted by atomic mass is 32.1. The number of rotatable bonds is 4. The highest BCUT2D eigenvalue weighted by Crippen LogP contribution is 2.19. The van der Waals surface area contributed by atoms with E-state index in [1.807, 2.05) is 60.7 Å². The molecule has 0 saturated carbocycles. The number of hydrogen-bond donors (Lipinski definition) is 1. The van der Waals surface area contributed by atoms with Crippen molar-refractivity contribution in [3.63, 3.8) is 0 Å². The average Bonchev–Trinajstić information content (AvgIpc) is 2.70. The summed E-state index contributed by atoms with van der Waals surface area (Å²) in [4.78, 5) is 10.5.